The lowest BCUT2D eigenvalue weighted by Gasteiger charge is -2.40. The van der Waals surface area contributed by atoms with Crippen LogP contribution in [0.25, 0.3) is 0 Å². The van der Waals surface area contributed by atoms with Crippen molar-refractivity contribution < 1.29 is 27.9 Å². The summed E-state index contributed by atoms with van der Waals surface area (Å²) in [6.07, 6.45) is 2.97. The summed E-state index contributed by atoms with van der Waals surface area (Å²) < 4.78 is 36.5. The molecule has 3 rings (SSSR count). The zero-order valence-corrected chi connectivity index (χ0v) is 19.0. The average molecular weight is 474 g/mol. The predicted molar refractivity (Wildman–Crippen MR) is 115 cm³/mol. The van der Waals surface area contributed by atoms with Gasteiger partial charge in [-0.2, -0.15) is 0 Å². The molecule has 3 heterocycles. The minimum absolute atomic E-state index is 0. The van der Waals surface area contributed by atoms with Crippen molar-refractivity contribution in [3.05, 3.63) is 29.6 Å². The summed E-state index contributed by atoms with van der Waals surface area (Å²) in [5.74, 6) is 5.09. The van der Waals surface area contributed by atoms with Crippen molar-refractivity contribution in [1.29, 1.82) is 0 Å². The maximum atomic E-state index is 13.3. The van der Waals surface area contributed by atoms with Crippen molar-refractivity contribution in [3.8, 4) is 11.8 Å². The molecule has 11 heteroatoms. The van der Waals surface area contributed by atoms with Crippen molar-refractivity contribution in [2.75, 3.05) is 40.0 Å². The van der Waals surface area contributed by atoms with E-state index in [1.54, 1.807) is 18.8 Å². The molecule has 2 aliphatic heterocycles. The Morgan fingerprint density at radius 3 is 2.58 bits per heavy atom. The number of nitrogens with zero attached hydrogens (tertiary/aromatic N) is 2. The fourth-order valence-corrected chi connectivity index (χ4v) is 6.12. The fraction of sp³-hybridized carbons (Fsp3) is 0.600. The van der Waals surface area contributed by atoms with Gasteiger partial charge in [0.05, 0.1) is 0 Å². The molecule has 0 aromatic carbocycles. The molecule has 0 atom stereocenters. The van der Waals surface area contributed by atoms with Gasteiger partial charge in [-0.1, -0.05) is 11.8 Å². The third kappa shape index (κ3) is 5.37. The zero-order chi connectivity index (χ0) is 21.6. The number of carbonyl (C=O) groups is 1. The molecule has 0 radical (unpaired) electrons. The summed E-state index contributed by atoms with van der Waals surface area (Å²) in [5.41, 5.74) is 3.25. The molecule has 0 aliphatic carbocycles. The number of aromatic nitrogens is 1. The number of hydrogen-bond donors (Lipinski definition) is 2. The van der Waals surface area contributed by atoms with E-state index >= 15 is 0 Å². The highest BCUT2D eigenvalue weighted by Gasteiger charge is 2.54. The normalized spacial score (nSPS) is 19.5. The molecular formula is C20H28ClN3O6S. The van der Waals surface area contributed by atoms with Gasteiger partial charge in [0.15, 0.2) is 4.75 Å². The topological polar surface area (TPSA) is 118 Å². The number of nitrogens with one attached hydrogen (secondary N) is 1. The monoisotopic (exact) mass is 473 g/mol. The molecule has 1 amide bonds. The third-order valence-corrected chi connectivity index (χ3v) is 8.38. The number of amides is 1. The molecule has 9 nitrogen and oxygen atoms in total. The average Bonchev–Trinajstić information content (AvgIpc) is 2.79. The maximum absolute atomic E-state index is 13.3. The third-order valence-electron chi connectivity index (χ3n) is 5.76. The minimum atomic E-state index is -3.95. The van der Waals surface area contributed by atoms with Gasteiger partial charge < -0.3 is 9.47 Å². The van der Waals surface area contributed by atoms with E-state index in [-0.39, 0.29) is 44.4 Å². The Morgan fingerprint density at radius 1 is 1.35 bits per heavy atom. The van der Waals surface area contributed by atoms with Crippen LogP contribution in [0.5, 0.6) is 0 Å². The lowest BCUT2D eigenvalue weighted by Crippen LogP contribution is -2.60. The molecule has 172 valence electrons. The van der Waals surface area contributed by atoms with E-state index in [1.807, 2.05) is 12.1 Å². The van der Waals surface area contributed by atoms with Crippen LogP contribution < -0.4 is 5.48 Å². The Balaban J connectivity index is 0.00000341. The first kappa shape index (κ1) is 25.5. The predicted octanol–water partition coefficient (Wildman–Crippen LogP) is 1.07. The summed E-state index contributed by atoms with van der Waals surface area (Å²) in [6, 6.07) is 3.82. The number of hydrogen-bond acceptors (Lipinski definition) is 7. The number of sulfonamides is 1. The van der Waals surface area contributed by atoms with Crippen molar-refractivity contribution in [2.45, 2.75) is 36.3 Å². The van der Waals surface area contributed by atoms with Crippen LogP contribution in [0.1, 0.15) is 42.9 Å². The molecular weight excluding hydrogens is 446 g/mol. The number of piperidine rings is 1. The Morgan fingerprint density at radius 2 is 2.03 bits per heavy atom. The highest BCUT2D eigenvalue weighted by atomic mass is 35.5. The van der Waals surface area contributed by atoms with Crippen molar-refractivity contribution in [1.82, 2.24) is 14.8 Å². The smallest absolute Gasteiger partial charge is 0.266 e. The van der Waals surface area contributed by atoms with E-state index in [2.05, 4.69) is 16.8 Å². The number of rotatable bonds is 5. The van der Waals surface area contributed by atoms with Crippen molar-refractivity contribution in [3.63, 3.8) is 0 Å². The first-order valence-electron chi connectivity index (χ1n) is 9.90. The highest BCUT2D eigenvalue weighted by molar-refractivity contribution is 7.91. The number of ether oxygens (including phenoxy) is 2. The van der Waals surface area contributed by atoms with Crippen LogP contribution in [0.4, 0.5) is 0 Å². The van der Waals surface area contributed by atoms with Gasteiger partial charge in [-0.3, -0.25) is 15.0 Å². The van der Waals surface area contributed by atoms with Crippen LogP contribution in [0.2, 0.25) is 0 Å². The fourth-order valence-electron chi connectivity index (χ4n) is 3.98. The Bertz CT molecular complexity index is 899. The molecule has 1 aromatic heterocycles. The second-order valence-electron chi connectivity index (χ2n) is 7.43. The lowest BCUT2D eigenvalue weighted by molar-refractivity contribution is -0.134. The van der Waals surface area contributed by atoms with E-state index in [0.29, 0.717) is 32.5 Å². The summed E-state index contributed by atoms with van der Waals surface area (Å²) in [4.78, 5) is 16.8. The number of halogens is 1. The minimum Gasteiger partial charge on any atom is -0.381 e. The molecule has 0 unspecified atom stereocenters. The molecule has 0 saturated carbocycles. The molecule has 2 saturated heterocycles. The second-order valence-corrected chi connectivity index (χ2v) is 9.68. The lowest BCUT2D eigenvalue weighted by atomic mass is 9.94. The van der Waals surface area contributed by atoms with Crippen LogP contribution in [0.15, 0.2) is 18.3 Å². The van der Waals surface area contributed by atoms with Gasteiger partial charge in [0, 0.05) is 69.6 Å². The SMILES string of the molecule is COCC#Cc1ccc(C2CCN(S(=O)(=O)C3(C(=O)NO)CCOCC3)CC2)nc1.Cl. The van der Waals surface area contributed by atoms with E-state index in [1.165, 1.54) is 4.31 Å². The van der Waals surface area contributed by atoms with E-state index in [9.17, 15) is 13.2 Å². The first-order chi connectivity index (χ1) is 14.4. The van der Waals surface area contributed by atoms with E-state index in [4.69, 9.17) is 14.7 Å². The van der Waals surface area contributed by atoms with Gasteiger partial charge in [-0.25, -0.2) is 18.2 Å². The van der Waals surface area contributed by atoms with Gasteiger partial charge in [-0.15, -0.1) is 12.4 Å². The van der Waals surface area contributed by atoms with Crippen LogP contribution in [0, 0.1) is 11.8 Å². The summed E-state index contributed by atoms with van der Waals surface area (Å²) in [5, 5.41) is 9.15. The highest BCUT2D eigenvalue weighted by Crippen LogP contribution is 2.36. The maximum Gasteiger partial charge on any atom is 0.266 e. The van der Waals surface area contributed by atoms with Crippen molar-refractivity contribution in [2.24, 2.45) is 0 Å². The van der Waals surface area contributed by atoms with Gasteiger partial charge in [0.1, 0.15) is 6.61 Å². The molecule has 2 aliphatic rings. The summed E-state index contributed by atoms with van der Waals surface area (Å²) in [6.45, 7) is 1.27. The molecule has 0 bridgehead atoms. The van der Waals surface area contributed by atoms with Crippen LogP contribution in [-0.2, 0) is 24.3 Å². The molecule has 1 aromatic rings. The number of carbonyl (C=O) groups excluding carboxylic acids is 1. The number of pyridine rings is 1. The van der Waals surface area contributed by atoms with Crippen LogP contribution >= 0.6 is 12.4 Å². The second kappa shape index (κ2) is 11.2. The summed E-state index contributed by atoms with van der Waals surface area (Å²) in [7, 11) is -2.37. The Hall–Kier alpha value is -1.74. The Labute approximate surface area is 188 Å². The molecule has 2 N–H and O–H groups in total. The quantitative estimate of drug-likeness (QED) is 0.373. The first-order valence-corrected chi connectivity index (χ1v) is 11.3. The number of methoxy groups -OCH3 is 1. The summed E-state index contributed by atoms with van der Waals surface area (Å²) >= 11 is 0. The van der Waals surface area contributed by atoms with Gasteiger partial charge in [-0.05, 0) is 25.0 Å². The van der Waals surface area contributed by atoms with E-state index in [0.717, 1.165) is 11.3 Å². The Kier molecular flexibility index (Phi) is 9.24. The zero-order valence-electron chi connectivity index (χ0n) is 17.4. The number of hydroxylamine groups is 1. The van der Waals surface area contributed by atoms with Gasteiger partial charge >= 0.3 is 0 Å². The largest absolute Gasteiger partial charge is 0.381 e. The molecule has 2 fully saturated rings. The molecule has 0 spiro atoms. The standard InChI is InChI=1S/C20H27N3O6S.ClH/c1-28-12-2-3-16-4-5-18(21-15-16)17-6-10-23(11-7-17)30(26,27)20(19(24)22-25)8-13-29-14-9-20;/h4-5,15,17,25H,6-14H2,1H3,(H,22,24);1H. The van der Waals surface area contributed by atoms with Crippen LogP contribution in [-0.4, -0.2) is 73.6 Å². The van der Waals surface area contributed by atoms with E-state index < -0.39 is 20.7 Å². The van der Waals surface area contributed by atoms with Crippen molar-refractivity contribution >= 4 is 28.3 Å². The van der Waals surface area contributed by atoms with Gasteiger partial charge in [0.2, 0.25) is 10.0 Å². The molecule has 31 heavy (non-hydrogen) atoms. The van der Waals surface area contributed by atoms with Gasteiger partial charge in [0.25, 0.3) is 5.91 Å². The van der Waals surface area contributed by atoms with Crippen LogP contribution in [0.3, 0.4) is 0 Å².